The van der Waals surface area contributed by atoms with Crippen LogP contribution in [0, 0.1) is 12.3 Å². The highest BCUT2D eigenvalue weighted by Crippen LogP contribution is 2.30. The molecule has 15 heavy (non-hydrogen) atoms. The third kappa shape index (κ3) is 2.90. The van der Waals surface area contributed by atoms with Crippen LogP contribution >= 0.6 is 0 Å². The standard InChI is InChI=1S/C12H14O3/c1-4-7-15-11-6-5-10(9(2)13)8-12(11)14-3/h1,5-6,8-9,13H,7H2,2-3H3/t9-/m0/s1. The minimum atomic E-state index is -0.527. The predicted molar refractivity (Wildman–Crippen MR) is 58.0 cm³/mol. The van der Waals surface area contributed by atoms with Crippen LogP contribution in [0.5, 0.6) is 11.5 Å². The van der Waals surface area contributed by atoms with Gasteiger partial charge in [-0.15, -0.1) is 6.42 Å². The summed E-state index contributed by atoms with van der Waals surface area (Å²) in [4.78, 5) is 0. The molecule has 0 aliphatic carbocycles. The summed E-state index contributed by atoms with van der Waals surface area (Å²) in [7, 11) is 1.55. The molecule has 1 rings (SSSR count). The van der Waals surface area contributed by atoms with Crippen molar-refractivity contribution in [1.29, 1.82) is 0 Å². The summed E-state index contributed by atoms with van der Waals surface area (Å²) in [6, 6.07) is 5.24. The van der Waals surface area contributed by atoms with E-state index in [0.717, 1.165) is 5.56 Å². The highest BCUT2D eigenvalue weighted by molar-refractivity contribution is 5.43. The summed E-state index contributed by atoms with van der Waals surface area (Å²) in [6.45, 7) is 1.89. The Morgan fingerprint density at radius 2 is 2.20 bits per heavy atom. The average Bonchev–Trinajstić information content (AvgIpc) is 2.25. The van der Waals surface area contributed by atoms with Crippen molar-refractivity contribution >= 4 is 0 Å². The SMILES string of the molecule is C#CCOc1ccc([C@H](C)O)cc1OC. The van der Waals surface area contributed by atoms with Crippen LogP contribution in [0.25, 0.3) is 0 Å². The number of rotatable bonds is 4. The molecule has 0 bridgehead atoms. The van der Waals surface area contributed by atoms with Gasteiger partial charge in [-0.05, 0) is 24.6 Å². The van der Waals surface area contributed by atoms with Crippen LogP contribution in [0.4, 0.5) is 0 Å². The van der Waals surface area contributed by atoms with E-state index in [1.807, 2.05) is 0 Å². The number of benzene rings is 1. The summed E-state index contributed by atoms with van der Waals surface area (Å²) in [6.07, 6.45) is 4.56. The molecule has 1 aromatic carbocycles. The lowest BCUT2D eigenvalue weighted by atomic mass is 10.1. The molecule has 0 amide bonds. The number of ether oxygens (including phenoxy) is 2. The minimum Gasteiger partial charge on any atom is -0.493 e. The Morgan fingerprint density at radius 1 is 1.47 bits per heavy atom. The molecule has 1 atom stereocenters. The third-order valence-corrected chi connectivity index (χ3v) is 1.98. The molecule has 0 saturated heterocycles. The molecule has 0 fully saturated rings. The van der Waals surface area contributed by atoms with E-state index in [9.17, 15) is 5.11 Å². The van der Waals surface area contributed by atoms with Gasteiger partial charge in [0.25, 0.3) is 0 Å². The normalized spacial score (nSPS) is 11.6. The molecule has 1 aromatic rings. The van der Waals surface area contributed by atoms with Crippen molar-refractivity contribution in [3.8, 4) is 23.8 Å². The van der Waals surface area contributed by atoms with Crippen LogP contribution in [-0.4, -0.2) is 18.8 Å². The van der Waals surface area contributed by atoms with E-state index in [2.05, 4.69) is 5.92 Å². The monoisotopic (exact) mass is 206 g/mol. The van der Waals surface area contributed by atoms with Gasteiger partial charge in [0.1, 0.15) is 6.61 Å². The van der Waals surface area contributed by atoms with Crippen molar-refractivity contribution in [2.75, 3.05) is 13.7 Å². The van der Waals surface area contributed by atoms with Gasteiger partial charge in [-0.3, -0.25) is 0 Å². The zero-order chi connectivity index (χ0) is 11.3. The molecule has 0 saturated carbocycles. The van der Waals surface area contributed by atoms with Gasteiger partial charge in [-0.2, -0.15) is 0 Å². The highest BCUT2D eigenvalue weighted by Gasteiger charge is 2.07. The van der Waals surface area contributed by atoms with Gasteiger partial charge < -0.3 is 14.6 Å². The molecule has 0 spiro atoms. The van der Waals surface area contributed by atoms with Crippen LogP contribution in [0.2, 0.25) is 0 Å². The van der Waals surface area contributed by atoms with Gasteiger partial charge in [-0.1, -0.05) is 12.0 Å². The third-order valence-electron chi connectivity index (χ3n) is 1.98. The van der Waals surface area contributed by atoms with Gasteiger partial charge in [0.15, 0.2) is 11.5 Å². The first-order chi connectivity index (χ1) is 7.19. The summed E-state index contributed by atoms with van der Waals surface area (Å²) < 4.78 is 10.4. The van der Waals surface area contributed by atoms with Gasteiger partial charge >= 0.3 is 0 Å². The van der Waals surface area contributed by atoms with Crippen molar-refractivity contribution in [2.45, 2.75) is 13.0 Å². The van der Waals surface area contributed by atoms with Crippen LogP contribution < -0.4 is 9.47 Å². The summed E-state index contributed by atoms with van der Waals surface area (Å²) >= 11 is 0. The Bertz CT molecular complexity index is 364. The molecule has 0 unspecified atom stereocenters. The average molecular weight is 206 g/mol. The van der Waals surface area contributed by atoms with E-state index in [-0.39, 0.29) is 6.61 Å². The van der Waals surface area contributed by atoms with Crippen LogP contribution in [0.15, 0.2) is 18.2 Å². The van der Waals surface area contributed by atoms with Crippen molar-refractivity contribution in [2.24, 2.45) is 0 Å². The lowest BCUT2D eigenvalue weighted by molar-refractivity contribution is 0.198. The number of terminal acetylenes is 1. The minimum absolute atomic E-state index is 0.199. The number of hydrogen-bond donors (Lipinski definition) is 1. The Balaban J connectivity index is 2.94. The van der Waals surface area contributed by atoms with E-state index < -0.39 is 6.10 Å². The first-order valence-electron chi connectivity index (χ1n) is 4.61. The summed E-state index contributed by atoms with van der Waals surface area (Å²) in [5.41, 5.74) is 0.778. The van der Waals surface area contributed by atoms with E-state index in [0.29, 0.717) is 11.5 Å². The Hall–Kier alpha value is -1.66. The lowest BCUT2D eigenvalue weighted by Gasteiger charge is -2.11. The summed E-state index contributed by atoms with van der Waals surface area (Å²) in [5.74, 6) is 3.53. The second-order valence-electron chi connectivity index (χ2n) is 3.08. The number of methoxy groups -OCH3 is 1. The maximum absolute atomic E-state index is 9.38. The number of aliphatic hydroxyl groups excluding tert-OH is 1. The fourth-order valence-corrected chi connectivity index (χ4v) is 1.18. The fraction of sp³-hybridized carbons (Fsp3) is 0.333. The van der Waals surface area contributed by atoms with E-state index in [1.165, 1.54) is 0 Å². The molecule has 0 heterocycles. The van der Waals surface area contributed by atoms with Gasteiger partial charge in [-0.25, -0.2) is 0 Å². The van der Waals surface area contributed by atoms with Crippen molar-refractivity contribution in [3.63, 3.8) is 0 Å². The van der Waals surface area contributed by atoms with Gasteiger partial charge in [0.05, 0.1) is 13.2 Å². The van der Waals surface area contributed by atoms with Crippen LogP contribution in [-0.2, 0) is 0 Å². The van der Waals surface area contributed by atoms with Gasteiger partial charge in [0.2, 0.25) is 0 Å². The predicted octanol–water partition coefficient (Wildman–Crippen LogP) is 1.76. The number of aliphatic hydroxyl groups is 1. The molecule has 1 N–H and O–H groups in total. The zero-order valence-electron chi connectivity index (χ0n) is 8.86. The Labute approximate surface area is 89.6 Å². The first-order valence-corrected chi connectivity index (χ1v) is 4.61. The van der Waals surface area contributed by atoms with Crippen LogP contribution in [0.1, 0.15) is 18.6 Å². The molecule has 3 nitrogen and oxygen atoms in total. The second-order valence-corrected chi connectivity index (χ2v) is 3.08. The smallest absolute Gasteiger partial charge is 0.162 e. The maximum atomic E-state index is 9.38. The quantitative estimate of drug-likeness (QED) is 0.763. The van der Waals surface area contributed by atoms with E-state index in [4.69, 9.17) is 15.9 Å². The molecule has 0 aromatic heterocycles. The van der Waals surface area contributed by atoms with Crippen molar-refractivity contribution < 1.29 is 14.6 Å². The molecule has 0 radical (unpaired) electrons. The lowest BCUT2D eigenvalue weighted by Crippen LogP contribution is -1.98. The molecule has 0 aliphatic heterocycles. The molecular weight excluding hydrogens is 192 g/mol. The zero-order valence-corrected chi connectivity index (χ0v) is 8.86. The maximum Gasteiger partial charge on any atom is 0.162 e. The van der Waals surface area contributed by atoms with Gasteiger partial charge in [0, 0.05) is 0 Å². The second kappa shape index (κ2) is 5.28. The number of hydrogen-bond acceptors (Lipinski definition) is 3. The topological polar surface area (TPSA) is 38.7 Å². The molecule has 0 aliphatic rings. The Morgan fingerprint density at radius 3 is 2.73 bits per heavy atom. The molecule has 3 heteroatoms. The largest absolute Gasteiger partial charge is 0.493 e. The molecular formula is C12H14O3. The first kappa shape index (κ1) is 11.4. The molecule has 80 valence electrons. The van der Waals surface area contributed by atoms with Crippen molar-refractivity contribution in [1.82, 2.24) is 0 Å². The Kier molecular flexibility index (Phi) is 4.02. The van der Waals surface area contributed by atoms with Crippen LogP contribution in [0.3, 0.4) is 0 Å². The highest BCUT2D eigenvalue weighted by atomic mass is 16.5. The van der Waals surface area contributed by atoms with Crippen molar-refractivity contribution in [3.05, 3.63) is 23.8 Å². The van der Waals surface area contributed by atoms with E-state index >= 15 is 0 Å². The van der Waals surface area contributed by atoms with E-state index in [1.54, 1.807) is 32.2 Å². The fourth-order valence-electron chi connectivity index (χ4n) is 1.18. The summed E-state index contributed by atoms with van der Waals surface area (Å²) in [5, 5.41) is 9.38.